The van der Waals surface area contributed by atoms with Gasteiger partial charge in [-0.05, 0) is 36.4 Å². The summed E-state index contributed by atoms with van der Waals surface area (Å²) in [5.74, 6) is 1.99. The predicted octanol–water partition coefficient (Wildman–Crippen LogP) is 4.13. The van der Waals surface area contributed by atoms with Gasteiger partial charge in [-0.2, -0.15) is 18.3 Å². The molecule has 0 radical (unpaired) electrons. The van der Waals surface area contributed by atoms with Gasteiger partial charge in [0.2, 0.25) is 0 Å². The van der Waals surface area contributed by atoms with E-state index < -0.39 is 17.6 Å². The van der Waals surface area contributed by atoms with Gasteiger partial charge in [-0.1, -0.05) is 18.1 Å². The van der Waals surface area contributed by atoms with E-state index in [0.717, 1.165) is 16.8 Å². The van der Waals surface area contributed by atoms with Crippen molar-refractivity contribution < 1.29 is 22.7 Å². The lowest BCUT2D eigenvalue weighted by Gasteiger charge is -2.08. The Kier molecular flexibility index (Phi) is 5.09. The smallest absolute Gasteiger partial charge is 0.416 e. The minimum Gasteiger partial charge on any atom is -0.493 e. The number of ether oxygens (including phenoxy) is 1. The molecule has 3 rings (SSSR count). The number of hydrogen-bond acceptors (Lipinski definition) is 3. The summed E-state index contributed by atoms with van der Waals surface area (Å²) in [5.41, 5.74) is 0.277. The van der Waals surface area contributed by atoms with Gasteiger partial charge in [0.15, 0.2) is 11.4 Å². The summed E-state index contributed by atoms with van der Waals surface area (Å²) in [6, 6.07) is 11.2. The number of amides is 1. The Labute approximate surface area is 158 Å². The van der Waals surface area contributed by atoms with E-state index in [9.17, 15) is 18.0 Å². The van der Waals surface area contributed by atoms with Crippen LogP contribution in [0.1, 0.15) is 21.6 Å². The molecule has 0 spiro atoms. The van der Waals surface area contributed by atoms with Crippen LogP contribution < -0.4 is 10.1 Å². The lowest BCUT2D eigenvalue weighted by atomic mass is 10.2. The Morgan fingerprint density at radius 2 is 1.96 bits per heavy atom. The van der Waals surface area contributed by atoms with Gasteiger partial charge >= 0.3 is 6.18 Å². The second-order valence-electron chi connectivity index (χ2n) is 5.72. The topological polar surface area (TPSA) is 56.2 Å². The maximum absolute atomic E-state index is 12.9. The Morgan fingerprint density at radius 3 is 2.64 bits per heavy atom. The van der Waals surface area contributed by atoms with Crippen molar-refractivity contribution in [2.75, 3.05) is 12.4 Å². The molecule has 0 fully saturated rings. The molecule has 1 heterocycles. The molecule has 0 aliphatic heterocycles. The van der Waals surface area contributed by atoms with Crippen LogP contribution in [0.15, 0.2) is 54.7 Å². The summed E-state index contributed by atoms with van der Waals surface area (Å²) in [6.07, 6.45) is 2.18. The molecule has 1 N–H and O–H groups in total. The number of carbonyl (C=O) groups is 1. The molecule has 1 amide bonds. The molecule has 0 aliphatic rings. The van der Waals surface area contributed by atoms with Crippen molar-refractivity contribution in [1.29, 1.82) is 0 Å². The molecular weight excluding hydrogens is 371 g/mol. The molecule has 142 valence electrons. The Hall–Kier alpha value is -3.73. The number of rotatable bonds is 4. The van der Waals surface area contributed by atoms with Crippen LogP contribution in [0.4, 0.5) is 18.9 Å². The van der Waals surface area contributed by atoms with Crippen molar-refractivity contribution in [1.82, 2.24) is 9.78 Å². The largest absolute Gasteiger partial charge is 0.493 e. The first kappa shape index (κ1) is 19.0. The van der Waals surface area contributed by atoms with Gasteiger partial charge in [-0.3, -0.25) is 4.79 Å². The molecule has 0 unspecified atom stereocenters. The van der Waals surface area contributed by atoms with Crippen LogP contribution in [-0.2, 0) is 6.18 Å². The van der Waals surface area contributed by atoms with Gasteiger partial charge in [0, 0.05) is 11.3 Å². The first-order valence-electron chi connectivity index (χ1n) is 8.01. The minimum atomic E-state index is -4.49. The van der Waals surface area contributed by atoms with E-state index in [4.69, 9.17) is 11.2 Å². The summed E-state index contributed by atoms with van der Waals surface area (Å²) in [4.78, 5) is 12.6. The molecule has 2 aromatic carbocycles. The predicted molar refractivity (Wildman–Crippen MR) is 97.4 cm³/mol. The summed E-state index contributed by atoms with van der Waals surface area (Å²) >= 11 is 0. The van der Waals surface area contributed by atoms with Crippen molar-refractivity contribution in [2.45, 2.75) is 6.18 Å². The molecule has 5 nitrogen and oxygen atoms in total. The third-order valence-corrected chi connectivity index (χ3v) is 3.84. The molecule has 0 atom stereocenters. The van der Waals surface area contributed by atoms with Crippen LogP contribution in [0.2, 0.25) is 0 Å². The maximum atomic E-state index is 12.9. The number of aromatic nitrogens is 2. The fraction of sp³-hybridized carbons (Fsp3) is 0.100. The Morgan fingerprint density at radius 1 is 1.21 bits per heavy atom. The maximum Gasteiger partial charge on any atom is 0.416 e. The number of benzene rings is 2. The van der Waals surface area contributed by atoms with Crippen molar-refractivity contribution >= 4 is 11.6 Å². The minimum absolute atomic E-state index is 0.0778. The number of alkyl halides is 3. The van der Waals surface area contributed by atoms with Gasteiger partial charge < -0.3 is 10.1 Å². The zero-order valence-corrected chi connectivity index (χ0v) is 14.6. The van der Waals surface area contributed by atoms with E-state index in [1.165, 1.54) is 25.4 Å². The number of halogens is 3. The second-order valence-corrected chi connectivity index (χ2v) is 5.72. The van der Waals surface area contributed by atoms with Crippen molar-refractivity contribution in [3.8, 4) is 23.8 Å². The van der Waals surface area contributed by atoms with Gasteiger partial charge in [0.25, 0.3) is 5.91 Å². The highest BCUT2D eigenvalue weighted by Gasteiger charge is 2.30. The summed E-state index contributed by atoms with van der Waals surface area (Å²) < 4.78 is 45.1. The molecule has 0 saturated heterocycles. The molecule has 0 aliphatic carbocycles. The number of methoxy groups -OCH3 is 1. The van der Waals surface area contributed by atoms with Crippen LogP contribution in [0.3, 0.4) is 0 Å². The van der Waals surface area contributed by atoms with E-state index >= 15 is 0 Å². The van der Waals surface area contributed by atoms with Gasteiger partial charge in [-0.25, -0.2) is 4.68 Å². The average Bonchev–Trinajstić information content (AvgIpc) is 3.12. The molecule has 28 heavy (non-hydrogen) atoms. The summed E-state index contributed by atoms with van der Waals surface area (Å²) in [5, 5.41) is 6.72. The molecule has 3 aromatic rings. The number of anilines is 1. The van der Waals surface area contributed by atoms with E-state index in [0.29, 0.717) is 11.3 Å². The summed E-state index contributed by atoms with van der Waals surface area (Å²) in [7, 11) is 1.34. The van der Waals surface area contributed by atoms with Gasteiger partial charge in [0.1, 0.15) is 0 Å². The van der Waals surface area contributed by atoms with Gasteiger partial charge in [0.05, 0.1) is 24.6 Å². The van der Waals surface area contributed by atoms with E-state index in [1.54, 1.807) is 24.3 Å². The van der Waals surface area contributed by atoms with Crippen molar-refractivity contribution in [3.63, 3.8) is 0 Å². The van der Waals surface area contributed by atoms with Crippen LogP contribution >= 0.6 is 0 Å². The highest BCUT2D eigenvalue weighted by Crippen LogP contribution is 2.31. The molecular formula is C20H14F3N3O2. The first-order valence-corrected chi connectivity index (χ1v) is 8.01. The third kappa shape index (κ3) is 3.99. The van der Waals surface area contributed by atoms with Crippen LogP contribution in [0.25, 0.3) is 5.69 Å². The zero-order chi connectivity index (χ0) is 20.3. The molecule has 1 aromatic heterocycles. The second kappa shape index (κ2) is 7.48. The average molecular weight is 385 g/mol. The third-order valence-electron chi connectivity index (χ3n) is 3.84. The summed E-state index contributed by atoms with van der Waals surface area (Å²) in [6.45, 7) is 0. The number of carbonyl (C=O) groups excluding carboxylic acids is 1. The number of terminal acetylenes is 1. The van der Waals surface area contributed by atoms with Crippen LogP contribution in [0, 0.1) is 12.3 Å². The number of nitrogens with one attached hydrogen (secondary N) is 1. The van der Waals surface area contributed by atoms with Crippen molar-refractivity contribution in [3.05, 3.63) is 71.5 Å². The molecule has 0 saturated carbocycles. The lowest BCUT2D eigenvalue weighted by Crippen LogP contribution is -2.14. The normalized spacial score (nSPS) is 11.0. The lowest BCUT2D eigenvalue weighted by molar-refractivity contribution is -0.137. The van der Waals surface area contributed by atoms with Crippen LogP contribution in [0.5, 0.6) is 5.75 Å². The SMILES string of the molecule is C#Cc1cccc(NC(=O)c2nn(-c3cccc(C(F)(F)F)c3)cc2OC)c1. The first-order chi connectivity index (χ1) is 13.3. The standard InChI is InChI=1S/C20H14F3N3O2/c1-3-13-6-4-8-15(10-13)24-19(27)18-17(28-2)12-26(25-18)16-9-5-7-14(11-16)20(21,22)23/h1,4-12H,2H3,(H,24,27). The fourth-order valence-corrected chi connectivity index (χ4v) is 2.50. The van der Waals surface area contributed by atoms with Crippen molar-refractivity contribution in [2.24, 2.45) is 0 Å². The van der Waals surface area contributed by atoms with E-state index in [2.05, 4.69) is 16.3 Å². The fourth-order valence-electron chi connectivity index (χ4n) is 2.50. The Bertz CT molecular complexity index is 1070. The Balaban J connectivity index is 1.92. The monoisotopic (exact) mass is 385 g/mol. The van der Waals surface area contributed by atoms with E-state index in [1.807, 2.05) is 0 Å². The highest BCUT2D eigenvalue weighted by molar-refractivity contribution is 6.04. The van der Waals surface area contributed by atoms with Crippen LogP contribution in [-0.4, -0.2) is 22.8 Å². The molecule has 8 heteroatoms. The molecule has 0 bridgehead atoms. The zero-order valence-electron chi connectivity index (χ0n) is 14.6. The highest BCUT2D eigenvalue weighted by atomic mass is 19.4. The number of hydrogen-bond donors (Lipinski definition) is 1. The van der Waals surface area contributed by atoms with E-state index in [-0.39, 0.29) is 17.1 Å². The number of nitrogens with zero attached hydrogens (tertiary/aromatic N) is 2. The quantitative estimate of drug-likeness (QED) is 0.687. The van der Waals surface area contributed by atoms with Gasteiger partial charge in [-0.15, -0.1) is 6.42 Å².